The van der Waals surface area contributed by atoms with E-state index in [4.69, 9.17) is 10.7 Å². The van der Waals surface area contributed by atoms with Gasteiger partial charge in [-0.1, -0.05) is 11.6 Å². The molecule has 1 aliphatic rings. The number of nitrogens with zero attached hydrogens (tertiary/aromatic N) is 1. The molecule has 0 radical (unpaired) electrons. The van der Waals surface area contributed by atoms with Crippen molar-refractivity contribution in [1.82, 2.24) is 4.90 Å². The number of aryl methyl sites for hydroxylation is 1. The highest BCUT2D eigenvalue weighted by molar-refractivity contribution is 8.13. The highest BCUT2D eigenvalue weighted by Crippen LogP contribution is 2.21. The molecule has 0 saturated carbocycles. The molecule has 0 fully saturated rings. The molecule has 0 saturated heterocycles. The lowest BCUT2D eigenvalue weighted by atomic mass is 10.1. The molecule has 1 aromatic carbocycles. The summed E-state index contributed by atoms with van der Waals surface area (Å²) in [5.41, 5.74) is 2.42. The number of hydrogen-bond acceptors (Lipinski definition) is 3. The Hall–Kier alpha value is -1.33. The molecule has 1 aromatic rings. The number of carbonyl (C=O) groups is 1. The van der Waals surface area contributed by atoms with Crippen molar-refractivity contribution in [1.29, 1.82) is 0 Å². The molecule has 0 unspecified atom stereocenters. The van der Waals surface area contributed by atoms with Gasteiger partial charge in [-0.25, -0.2) is 8.42 Å². The quantitative estimate of drug-likeness (QED) is 0.623. The van der Waals surface area contributed by atoms with Crippen LogP contribution >= 0.6 is 10.7 Å². The van der Waals surface area contributed by atoms with Gasteiger partial charge in [0.05, 0.1) is 4.90 Å². The van der Waals surface area contributed by atoms with Gasteiger partial charge in [0, 0.05) is 29.3 Å². The molecule has 0 bridgehead atoms. The molecule has 20 heavy (non-hydrogen) atoms. The SMILES string of the molecule is CC1=CCN(C(=O)c2ccc(S(=O)(=O)Cl)cc2C)CC1. The van der Waals surface area contributed by atoms with Crippen molar-refractivity contribution < 1.29 is 13.2 Å². The Balaban J connectivity index is 2.28. The molecule has 1 aliphatic heterocycles. The van der Waals surface area contributed by atoms with Crippen LogP contribution in [0.4, 0.5) is 0 Å². The van der Waals surface area contributed by atoms with Gasteiger partial charge in [-0.3, -0.25) is 4.79 Å². The Kier molecular flexibility index (Phi) is 4.20. The Morgan fingerprint density at radius 3 is 2.50 bits per heavy atom. The number of halogens is 1. The van der Waals surface area contributed by atoms with Crippen molar-refractivity contribution in [3.05, 3.63) is 41.0 Å². The molecule has 0 spiro atoms. The van der Waals surface area contributed by atoms with E-state index in [0.29, 0.717) is 24.2 Å². The summed E-state index contributed by atoms with van der Waals surface area (Å²) in [5.74, 6) is -0.0789. The van der Waals surface area contributed by atoms with E-state index < -0.39 is 9.05 Å². The van der Waals surface area contributed by atoms with Crippen LogP contribution in [0.1, 0.15) is 29.3 Å². The summed E-state index contributed by atoms with van der Waals surface area (Å²) in [6.07, 6.45) is 2.91. The maximum Gasteiger partial charge on any atom is 0.261 e. The number of amides is 1. The van der Waals surface area contributed by atoms with Crippen LogP contribution in [0.25, 0.3) is 0 Å². The normalized spacial score (nSPS) is 15.9. The van der Waals surface area contributed by atoms with E-state index >= 15 is 0 Å². The average Bonchev–Trinajstić information content (AvgIpc) is 2.37. The van der Waals surface area contributed by atoms with Gasteiger partial charge in [0.2, 0.25) is 0 Å². The third-order valence-corrected chi connectivity index (χ3v) is 4.78. The summed E-state index contributed by atoms with van der Waals surface area (Å²) < 4.78 is 22.5. The fraction of sp³-hybridized carbons (Fsp3) is 0.357. The van der Waals surface area contributed by atoms with Gasteiger partial charge >= 0.3 is 0 Å². The summed E-state index contributed by atoms with van der Waals surface area (Å²) in [7, 11) is 1.53. The second-order valence-electron chi connectivity index (χ2n) is 4.97. The second kappa shape index (κ2) is 5.58. The van der Waals surface area contributed by atoms with Crippen LogP contribution in [0.5, 0.6) is 0 Å². The number of rotatable bonds is 2. The minimum Gasteiger partial charge on any atom is -0.335 e. The van der Waals surface area contributed by atoms with Crippen LogP contribution in [-0.2, 0) is 9.05 Å². The first kappa shape index (κ1) is 15.1. The predicted octanol–water partition coefficient (Wildman–Crippen LogP) is 2.71. The standard InChI is InChI=1S/C14H16ClNO3S/c1-10-5-7-16(8-6-10)14(17)13-4-3-12(9-11(13)2)20(15,18)19/h3-5,9H,6-8H2,1-2H3. The zero-order valence-electron chi connectivity index (χ0n) is 11.4. The minimum atomic E-state index is -3.76. The Morgan fingerprint density at radius 2 is 2.00 bits per heavy atom. The summed E-state index contributed by atoms with van der Waals surface area (Å²) >= 11 is 0. The van der Waals surface area contributed by atoms with Crippen molar-refractivity contribution in [2.24, 2.45) is 0 Å². The second-order valence-corrected chi connectivity index (χ2v) is 7.53. The smallest absolute Gasteiger partial charge is 0.261 e. The van der Waals surface area contributed by atoms with Crippen molar-refractivity contribution >= 4 is 25.6 Å². The van der Waals surface area contributed by atoms with Crippen molar-refractivity contribution in [2.75, 3.05) is 13.1 Å². The first-order chi connectivity index (χ1) is 9.29. The summed E-state index contributed by atoms with van der Waals surface area (Å²) in [5, 5.41) is 0. The van der Waals surface area contributed by atoms with Crippen LogP contribution in [0.15, 0.2) is 34.7 Å². The van der Waals surface area contributed by atoms with Crippen LogP contribution in [0, 0.1) is 6.92 Å². The minimum absolute atomic E-state index is 0.0163. The molecular weight excluding hydrogens is 298 g/mol. The summed E-state index contributed by atoms with van der Waals surface area (Å²) in [6.45, 7) is 5.05. The highest BCUT2D eigenvalue weighted by Gasteiger charge is 2.20. The largest absolute Gasteiger partial charge is 0.335 e. The van der Waals surface area contributed by atoms with Gasteiger partial charge in [0.1, 0.15) is 0 Å². The van der Waals surface area contributed by atoms with Crippen LogP contribution < -0.4 is 0 Å². The van der Waals surface area contributed by atoms with E-state index in [0.717, 1.165) is 6.42 Å². The van der Waals surface area contributed by atoms with E-state index in [2.05, 4.69) is 0 Å². The first-order valence-corrected chi connectivity index (χ1v) is 8.60. The molecule has 6 heteroatoms. The van der Waals surface area contributed by atoms with Crippen LogP contribution in [0.3, 0.4) is 0 Å². The van der Waals surface area contributed by atoms with E-state index in [1.807, 2.05) is 13.0 Å². The Labute approximate surface area is 123 Å². The Morgan fingerprint density at radius 1 is 1.30 bits per heavy atom. The molecule has 0 atom stereocenters. The lowest BCUT2D eigenvalue weighted by Crippen LogP contribution is -2.35. The summed E-state index contributed by atoms with van der Waals surface area (Å²) in [6, 6.07) is 4.33. The topological polar surface area (TPSA) is 54.5 Å². The van der Waals surface area contributed by atoms with E-state index in [1.54, 1.807) is 11.8 Å². The highest BCUT2D eigenvalue weighted by atomic mass is 35.7. The number of benzene rings is 1. The van der Waals surface area contributed by atoms with E-state index in [1.165, 1.54) is 23.8 Å². The fourth-order valence-electron chi connectivity index (χ4n) is 2.15. The molecule has 4 nitrogen and oxygen atoms in total. The predicted molar refractivity (Wildman–Crippen MR) is 78.5 cm³/mol. The molecule has 0 aromatic heterocycles. The third kappa shape index (κ3) is 3.22. The van der Waals surface area contributed by atoms with Crippen molar-refractivity contribution in [3.63, 3.8) is 0 Å². The third-order valence-electron chi connectivity index (χ3n) is 3.43. The van der Waals surface area contributed by atoms with Crippen LogP contribution in [-0.4, -0.2) is 32.3 Å². The zero-order valence-corrected chi connectivity index (χ0v) is 13.0. The number of carbonyl (C=O) groups excluding carboxylic acids is 1. The van der Waals surface area contributed by atoms with Crippen LogP contribution in [0.2, 0.25) is 0 Å². The van der Waals surface area contributed by atoms with Gasteiger partial charge in [-0.2, -0.15) is 0 Å². The lowest BCUT2D eigenvalue weighted by molar-refractivity contribution is 0.0768. The molecular formula is C14H16ClNO3S. The van der Waals surface area contributed by atoms with Gasteiger partial charge < -0.3 is 4.90 Å². The molecule has 0 N–H and O–H groups in total. The molecule has 1 amide bonds. The molecule has 2 rings (SSSR count). The average molecular weight is 314 g/mol. The van der Waals surface area contributed by atoms with Gasteiger partial charge in [0.25, 0.3) is 15.0 Å². The van der Waals surface area contributed by atoms with Gasteiger partial charge in [-0.05, 0) is 44.0 Å². The monoisotopic (exact) mass is 313 g/mol. The van der Waals surface area contributed by atoms with Crippen molar-refractivity contribution in [3.8, 4) is 0 Å². The molecule has 1 heterocycles. The Bertz CT molecular complexity index is 680. The van der Waals surface area contributed by atoms with Gasteiger partial charge in [-0.15, -0.1) is 0 Å². The maximum absolute atomic E-state index is 12.4. The lowest BCUT2D eigenvalue weighted by Gasteiger charge is -2.26. The summed E-state index contributed by atoms with van der Waals surface area (Å²) in [4.78, 5) is 14.2. The van der Waals surface area contributed by atoms with E-state index in [9.17, 15) is 13.2 Å². The van der Waals surface area contributed by atoms with E-state index in [-0.39, 0.29) is 10.8 Å². The van der Waals surface area contributed by atoms with Gasteiger partial charge in [0.15, 0.2) is 0 Å². The fourth-order valence-corrected chi connectivity index (χ4v) is 2.99. The maximum atomic E-state index is 12.4. The zero-order chi connectivity index (χ0) is 14.9. The number of hydrogen-bond donors (Lipinski definition) is 0. The first-order valence-electron chi connectivity index (χ1n) is 6.29. The molecule has 0 aliphatic carbocycles. The van der Waals surface area contributed by atoms with Crippen molar-refractivity contribution in [2.45, 2.75) is 25.2 Å². The molecule has 108 valence electrons.